The predicted octanol–water partition coefficient (Wildman–Crippen LogP) is 2.25. The van der Waals surface area contributed by atoms with Gasteiger partial charge in [0.15, 0.2) is 0 Å². The van der Waals surface area contributed by atoms with Crippen LogP contribution < -0.4 is 5.32 Å². The van der Waals surface area contributed by atoms with Crippen molar-refractivity contribution in [2.24, 2.45) is 17.8 Å². The Morgan fingerprint density at radius 1 is 0.882 bits per heavy atom. The summed E-state index contributed by atoms with van der Waals surface area (Å²) in [7, 11) is 0. The first-order valence-electron chi connectivity index (χ1n) is 7.89. The van der Waals surface area contributed by atoms with Gasteiger partial charge >= 0.3 is 0 Å². The van der Waals surface area contributed by atoms with E-state index in [0.29, 0.717) is 0 Å². The summed E-state index contributed by atoms with van der Waals surface area (Å²) in [5, 5.41) is 3.85. The first kappa shape index (κ1) is 10.8. The number of hydrogen-bond acceptors (Lipinski definition) is 2. The Bertz CT molecular complexity index is 263. The second-order valence-electron chi connectivity index (χ2n) is 6.93. The highest BCUT2D eigenvalue weighted by molar-refractivity contribution is 5.02. The maximum Gasteiger partial charge on any atom is 0.0136 e. The molecule has 0 radical (unpaired) electrons. The normalized spacial score (nSPS) is 50.5. The first-order valence-corrected chi connectivity index (χ1v) is 7.89. The van der Waals surface area contributed by atoms with Crippen LogP contribution in [0.4, 0.5) is 0 Å². The Kier molecular flexibility index (Phi) is 2.69. The highest BCUT2D eigenvalue weighted by Crippen LogP contribution is 2.46. The van der Waals surface area contributed by atoms with Crippen molar-refractivity contribution in [1.29, 1.82) is 0 Å². The first-order chi connectivity index (χ1) is 8.42. The molecular formula is C15H26N2. The van der Waals surface area contributed by atoms with E-state index in [1.54, 1.807) is 0 Å². The predicted molar refractivity (Wildman–Crippen MR) is 69.9 cm³/mol. The Balaban J connectivity index is 1.56. The van der Waals surface area contributed by atoms with Gasteiger partial charge in [-0.3, -0.25) is 4.90 Å². The molecule has 3 aliphatic heterocycles. The number of hydrogen-bond donors (Lipinski definition) is 1. The van der Waals surface area contributed by atoms with E-state index in [4.69, 9.17) is 0 Å². The molecule has 3 saturated heterocycles. The van der Waals surface area contributed by atoms with Gasteiger partial charge in [0.25, 0.3) is 0 Å². The third-order valence-electron chi connectivity index (χ3n) is 6.04. The van der Waals surface area contributed by atoms with Crippen LogP contribution in [0.15, 0.2) is 0 Å². The summed E-state index contributed by atoms with van der Waals surface area (Å²) in [6, 6.07) is 1.85. The Labute approximate surface area is 105 Å². The molecule has 1 aliphatic carbocycles. The molecule has 1 saturated carbocycles. The smallest absolute Gasteiger partial charge is 0.0136 e. The van der Waals surface area contributed by atoms with Gasteiger partial charge < -0.3 is 5.32 Å². The van der Waals surface area contributed by atoms with Crippen LogP contribution in [0.3, 0.4) is 0 Å². The van der Waals surface area contributed by atoms with Crippen molar-refractivity contribution in [1.82, 2.24) is 10.2 Å². The van der Waals surface area contributed by atoms with Crippen molar-refractivity contribution in [3.05, 3.63) is 0 Å². The molecule has 0 aromatic heterocycles. The molecule has 0 amide bonds. The molecule has 4 aliphatic rings. The van der Waals surface area contributed by atoms with Crippen molar-refractivity contribution in [3.8, 4) is 0 Å². The van der Waals surface area contributed by atoms with Crippen LogP contribution in [0.5, 0.6) is 0 Å². The maximum atomic E-state index is 3.85. The lowest BCUT2D eigenvalue weighted by Crippen LogP contribution is -2.61. The number of piperidine rings is 3. The van der Waals surface area contributed by atoms with Gasteiger partial charge in [0.1, 0.15) is 0 Å². The van der Waals surface area contributed by atoms with Crippen LogP contribution in [0, 0.1) is 17.8 Å². The molecule has 96 valence electrons. The Hall–Kier alpha value is -0.0800. The summed E-state index contributed by atoms with van der Waals surface area (Å²) in [5.74, 6) is 3.06. The van der Waals surface area contributed by atoms with Crippen LogP contribution in [-0.2, 0) is 0 Å². The molecule has 17 heavy (non-hydrogen) atoms. The van der Waals surface area contributed by atoms with E-state index in [1.807, 2.05) is 0 Å². The highest BCUT2D eigenvalue weighted by Gasteiger charge is 2.47. The molecule has 2 nitrogen and oxygen atoms in total. The van der Waals surface area contributed by atoms with Crippen LogP contribution in [0.2, 0.25) is 0 Å². The SMILES string of the molecule is C1CNC2C(C1)CC1CC2CN2CCCCC12. The minimum Gasteiger partial charge on any atom is -0.313 e. The summed E-state index contributed by atoms with van der Waals surface area (Å²) in [6.07, 6.45) is 10.5. The number of nitrogens with zero attached hydrogens (tertiary/aromatic N) is 1. The van der Waals surface area contributed by atoms with Crippen LogP contribution in [0.1, 0.15) is 44.9 Å². The zero-order valence-corrected chi connectivity index (χ0v) is 10.9. The van der Waals surface area contributed by atoms with Gasteiger partial charge in [0, 0.05) is 18.6 Å². The standard InChI is InChI=1S/C15H26N2/c1-2-7-17-10-13-9-12(14(17)5-1)8-11-4-3-6-16-15(11)13/h11-16H,1-10H2. The zero-order chi connectivity index (χ0) is 11.2. The lowest BCUT2D eigenvalue weighted by atomic mass is 9.63. The van der Waals surface area contributed by atoms with Gasteiger partial charge in [0.2, 0.25) is 0 Å². The lowest BCUT2D eigenvalue weighted by molar-refractivity contribution is -0.0404. The van der Waals surface area contributed by atoms with Gasteiger partial charge in [-0.2, -0.15) is 0 Å². The van der Waals surface area contributed by atoms with E-state index in [1.165, 1.54) is 64.6 Å². The van der Waals surface area contributed by atoms with E-state index in [9.17, 15) is 0 Å². The quantitative estimate of drug-likeness (QED) is 0.691. The summed E-state index contributed by atoms with van der Waals surface area (Å²) < 4.78 is 0. The molecule has 4 fully saturated rings. The summed E-state index contributed by atoms with van der Waals surface area (Å²) in [6.45, 7) is 4.09. The number of fused-ring (bicyclic) bond motifs is 6. The van der Waals surface area contributed by atoms with Crippen molar-refractivity contribution in [2.75, 3.05) is 19.6 Å². The van der Waals surface area contributed by atoms with Gasteiger partial charge in [-0.05, 0) is 69.4 Å². The molecule has 0 aromatic rings. The van der Waals surface area contributed by atoms with Gasteiger partial charge in [-0.15, -0.1) is 0 Å². The minimum atomic E-state index is 0.878. The molecule has 2 heteroatoms. The number of nitrogens with one attached hydrogen (secondary N) is 1. The van der Waals surface area contributed by atoms with Crippen molar-refractivity contribution in [3.63, 3.8) is 0 Å². The largest absolute Gasteiger partial charge is 0.313 e. The average molecular weight is 234 g/mol. The molecule has 5 unspecified atom stereocenters. The van der Waals surface area contributed by atoms with E-state index in [-0.39, 0.29) is 0 Å². The van der Waals surface area contributed by atoms with Crippen LogP contribution >= 0.6 is 0 Å². The second kappa shape index (κ2) is 4.24. The molecule has 0 spiro atoms. The van der Waals surface area contributed by atoms with Gasteiger partial charge in [-0.25, -0.2) is 0 Å². The van der Waals surface area contributed by atoms with Crippen molar-refractivity contribution in [2.45, 2.75) is 57.0 Å². The fourth-order valence-corrected chi connectivity index (χ4v) is 5.40. The summed E-state index contributed by atoms with van der Waals surface area (Å²) >= 11 is 0. The highest BCUT2D eigenvalue weighted by atomic mass is 15.2. The van der Waals surface area contributed by atoms with Crippen molar-refractivity contribution < 1.29 is 0 Å². The van der Waals surface area contributed by atoms with Crippen molar-refractivity contribution >= 4 is 0 Å². The molecular weight excluding hydrogens is 208 g/mol. The Morgan fingerprint density at radius 2 is 1.82 bits per heavy atom. The van der Waals surface area contributed by atoms with E-state index < -0.39 is 0 Å². The number of rotatable bonds is 0. The third-order valence-corrected chi connectivity index (χ3v) is 6.04. The summed E-state index contributed by atoms with van der Waals surface area (Å²) in [5.41, 5.74) is 0. The third kappa shape index (κ3) is 1.76. The minimum absolute atomic E-state index is 0.878. The van der Waals surface area contributed by atoms with E-state index in [2.05, 4.69) is 10.2 Å². The topological polar surface area (TPSA) is 15.3 Å². The maximum absolute atomic E-state index is 3.85. The van der Waals surface area contributed by atoms with Gasteiger partial charge in [-0.1, -0.05) is 6.42 Å². The second-order valence-corrected chi connectivity index (χ2v) is 6.93. The van der Waals surface area contributed by atoms with E-state index >= 15 is 0 Å². The van der Waals surface area contributed by atoms with E-state index in [0.717, 1.165) is 29.8 Å². The molecule has 5 atom stereocenters. The van der Waals surface area contributed by atoms with Gasteiger partial charge in [0.05, 0.1) is 0 Å². The molecule has 0 aromatic carbocycles. The molecule has 4 rings (SSSR count). The summed E-state index contributed by atoms with van der Waals surface area (Å²) in [4.78, 5) is 2.86. The molecule has 2 bridgehead atoms. The molecule has 3 heterocycles. The zero-order valence-electron chi connectivity index (χ0n) is 10.9. The monoisotopic (exact) mass is 234 g/mol. The van der Waals surface area contributed by atoms with Crippen LogP contribution in [-0.4, -0.2) is 36.6 Å². The lowest BCUT2D eigenvalue weighted by Gasteiger charge is -2.56. The Morgan fingerprint density at radius 3 is 2.82 bits per heavy atom. The fraction of sp³-hybridized carbons (Fsp3) is 1.00. The molecule has 1 N–H and O–H groups in total. The average Bonchev–Trinajstić information content (AvgIpc) is 2.39. The van der Waals surface area contributed by atoms with Crippen LogP contribution in [0.25, 0.3) is 0 Å². The fourth-order valence-electron chi connectivity index (χ4n) is 5.40.